The zero-order valence-electron chi connectivity index (χ0n) is 15.4. The molecule has 0 saturated carbocycles. The van der Waals surface area contributed by atoms with Gasteiger partial charge in [0.25, 0.3) is 11.5 Å². The normalized spacial score (nSPS) is 15.0. The third-order valence-corrected chi connectivity index (χ3v) is 5.04. The monoisotopic (exact) mass is 354 g/mol. The summed E-state index contributed by atoms with van der Waals surface area (Å²) in [5.74, 6) is -0.199. The second-order valence-corrected chi connectivity index (χ2v) is 6.74. The summed E-state index contributed by atoms with van der Waals surface area (Å²) in [5.41, 5.74) is 1.86. The highest BCUT2D eigenvalue weighted by Crippen LogP contribution is 2.18. The fraction of sp³-hybridized carbons (Fsp3) is 0.450. The Balaban J connectivity index is 1.91. The number of carbonyl (C=O) groups excluding carboxylic acids is 1. The lowest BCUT2D eigenvalue weighted by Gasteiger charge is -2.26. The minimum atomic E-state index is -0.199. The van der Waals surface area contributed by atoms with Crippen LogP contribution in [0.15, 0.2) is 41.6 Å². The van der Waals surface area contributed by atoms with Crippen molar-refractivity contribution in [3.05, 3.63) is 63.8 Å². The number of aromatic nitrogens is 2. The fourth-order valence-electron chi connectivity index (χ4n) is 3.47. The number of aryl methyl sites for hydroxylation is 1. The Morgan fingerprint density at radius 1 is 1.27 bits per heavy atom. The lowest BCUT2D eigenvalue weighted by Crippen LogP contribution is -2.40. The molecule has 0 aromatic carbocycles. The summed E-state index contributed by atoms with van der Waals surface area (Å²) in [5, 5.41) is 3.31. The van der Waals surface area contributed by atoms with E-state index in [-0.39, 0.29) is 17.5 Å². The molecule has 26 heavy (non-hydrogen) atoms. The topological polar surface area (TPSA) is 67.2 Å². The molecule has 6 heteroatoms. The Hall–Kier alpha value is -2.47. The molecule has 0 aliphatic carbocycles. The van der Waals surface area contributed by atoms with Crippen LogP contribution in [0.2, 0.25) is 0 Å². The van der Waals surface area contributed by atoms with Crippen molar-refractivity contribution in [3.63, 3.8) is 0 Å². The van der Waals surface area contributed by atoms with E-state index >= 15 is 0 Å². The molecule has 2 aromatic heterocycles. The summed E-state index contributed by atoms with van der Waals surface area (Å²) in [6.45, 7) is 6.58. The summed E-state index contributed by atoms with van der Waals surface area (Å²) in [7, 11) is 0. The molecule has 1 fully saturated rings. The number of rotatable bonds is 5. The molecule has 1 aliphatic rings. The van der Waals surface area contributed by atoms with Gasteiger partial charge in [0.05, 0.1) is 0 Å². The SMILES string of the molecule is CCN(Cc1ccncc1)C(=O)c1c(C)ccn(C2CCNCC2)c1=O. The molecular formula is C20H26N4O2. The quantitative estimate of drug-likeness (QED) is 0.893. The highest BCUT2D eigenvalue weighted by atomic mass is 16.2. The van der Waals surface area contributed by atoms with Crippen molar-refractivity contribution in [1.82, 2.24) is 19.8 Å². The van der Waals surface area contributed by atoms with Crippen molar-refractivity contribution in [2.75, 3.05) is 19.6 Å². The fourth-order valence-corrected chi connectivity index (χ4v) is 3.47. The number of nitrogens with one attached hydrogen (secondary N) is 1. The van der Waals surface area contributed by atoms with Crippen LogP contribution >= 0.6 is 0 Å². The van der Waals surface area contributed by atoms with Crippen LogP contribution in [0, 0.1) is 6.92 Å². The van der Waals surface area contributed by atoms with Crippen LogP contribution in [-0.4, -0.2) is 40.0 Å². The average Bonchev–Trinajstić information content (AvgIpc) is 2.67. The first kappa shape index (κ1) is 18.3. The van der Waals surface area contributed by atoms with Crippen molar-refractivity contribution >= 4 is 5.91 Å². The van der Waals surface area contributed by atoms with Gasteiger partial charge >= 0.3 is 0 Å². The third kappa shape index (κ3) is 3.85. The van der Waals surface area contributed by atoms with E-state index in [4.69, 9.17) is 0 Å². The first-order valence-electron chi connectivity index (χ1n) is 9.22. The number of carbonyl (C=O) groups is 1. The van der Waals surface area contributed by atoms with Crippen molar-refractivity contribution in [2.45, 2.75) is 39.3 Å². The minimum Gasteiger partial charge on any atom is -0.334 e. The van der Waals surface area contributed by atoms with Crippen LogP contribution in [-0.2, 0) is 6.54 Å². The Morgan fingerprint density at radius 3 is 2.62 bits per heavy atom. The molecule has 1 saturated heterocycles. The number of piperidine rings is 1. The van der Waals surface area contributed by atoms with Crippen LogP contribution in [0.5, 0.6) is 0 Å². The number of hydrogen-bond donors (Lipinski definition) is 1. The van der Waals surface area contributed by atoms with E-state index in [1.165, 1.54) is 0 Å². The molecule has 0 radical (unpaired) electrons. The van der Waals surface area contributed by atoms with Gasteiger partial charge in [0.2, 0.25) is 0 Å². The molecule has 0 spiro atoms. The second-order valence-electron chi connectivity index (χ2n) is 6.74. The largest absolute Gasteiger partial charge is 0.334 e. The van der Waals surface area contributed by atoms with Gasteiger partial charge in [-0.05, 0) is 69.1 Å². The molecule has 1 N–H and O–H groups in total. The van der Waals surface area contributed by atoms with Crippen LogP contribution in [0.1, 0.15) is 47.3 Å². The van der Waals surface area contributed by atoms with Gasteiger partial charge in [0.1, 0.15) is 5.56 Å². The van der Waals surface area contributed by atoms with Crippen molar-refractivity contribution in [1.29, 1.82) is 0 Å². The number of pyridine rings is 2. The summed E-state index contributed by atoms with van der Waals surface area (Å²) in [4.78, 5) is 32.0. The third-order valence-electron chi connectivity index (χ3n) is 5.04. The molecule has 0 unspecified atom stereocenters. The highest BCUT2D eigenvalue weighted by Gasteiger charge is 2.24. The summed E-state index contributed by atoms with van der Waals surface area (Å²) >= 11 is 0. The molecule has 1 aliphatic heterocycles. The van der Waals surface area contributed by atoms with Gasteiger partial charge in [-0.25, -0.2) is 0 Å². The maximum absolute atomic E-state index is 13.1. The zero-order chi connectivity index (χ0) is 18.5. The van der Waals surface area contributed by atoms with Gasteiger partial charge in [-0.2, -0.15) is 0 Å². The first-order chi connectivity index (χ1) is 12.6. The molecular weight excluding hydrogens is 328 g/mol. The molecule has 138 valence electrons. The Kier molecular flexibility index (Phi) is 5.83. The molecule has 6 nitrogen and oxygen atoms in total. The maximum atomic E-state index is 13.1. The average molecular weight is 354 g/mol. The molecule has 3 heterocycles. The summed E-state index contributed by atoms with van der Waals surface area (Å²) < 4.78 is 1.75. The predicted molar refractivity (Wildman–Crippen MR) is 101 cm³/mol. The van der Waals surface area contributed by atoms with Gasteiger partial charge in [0, 0.05) is 37.7 Å². The Bertz CT molecular complexity index is 810. The molecule has 0 atom stereocenters. The standard InChI is InChI=1S/C20H26N4O2/c1-3-23(14-16-4-9-21-10-5-16)19(25)18-15(2)8-13-24(20(18)26)17-6-11-22-12-7-17/h4-5,8-10,13,17,22H,3,6-7,11-12,14H2,1-2H3. The minimum absolute atomic E-state index is 0.158. The van der Waals surface area contributed by atoms with E-state index in [1.54, 1.807) is 21.9 Å². The van der Waals surface area contributed by atoms with E-state index in [2.05, 4.69) is 10.3 Å². The van der Waals surface area contributed by atoms with E-state index in [0.29, 0.717) is 18.7 Å². The number of hydrogen-bond acceptors (Lipinski definition) is 4. The molecule has 3 rings (SSSR count). The lowest BCUT2D eigenvalue weighted by molar-refractivity contribution is 0.0749. The summed E-state index contributed by atoms with van der Waals surface area (Å²) in [6.07, 6.45) is 7.08. The van der Waals surface area contributed by atoms with E-state index in [0.717, 1.165) is 37.1 Å². The lowest BCUT2D eigenvalue weighted by atomic mass is 10.0. The van der Waals surface area contributed by atoms with Crippen molar-refractivity contribution < 1.29 is 4.79 Å². The van der Waals surface area contributed by atoms with Gasteiger partial charge in [-0.3, -0.25) is 14.6 Å². The number of amides is 1. The van der Waals surface area contributed by atoms with Crippen molar-refractivity contribution in [2.24, 2.45) is 0 Å². The predicted octanol–water partition coefficient (Wildman–Crippen LogP) is 2.14. The van der Waals surface area contributed by atoms with Gasteiger partial charge in [-0.1, -0.05) is 0 Å². The van der Waals surface area contributed by atoms with Crippen molar-refractivity contribution in [3.8, 4) is 0 Å². The molecule has 2 aromatic rings. The molecule has 1 amide bonds. The van der Waals surface area contributed by atoms with E-state index in [9.17, 15) is 9.59 Å². The maximum Gasteiger partial charge on any atom is 0.263 e. The highest BCUT2D eigenvalue weighted by molar-refractivity contribution is 5.95. The van der Waals surface area contributed by atoms with E-state index < -0.39 is 0 Å². The second kappa shape index (κ2) is 8.27. The Morgan fingerprint density at radius 2 is 1.96 bits per heavy atom. The van der Waals surface area contributed by atoms with E-state index in [1.807, 2.05) is 38.2 Å². The number of nitrogens with zero attached hydrogens (tertiary/aromatic N) is 3. The molecule has 0 bridgehead atoms. The summed E-state index contributed by atoms with van der Waals surface area (Å²) in [6, 6.07) is 5.82. The van der Waals surface area contributed by atoms with Crippen LogP contribution < -0.4 is 10.9 Å². The first-order valence-corrected chi connectivity index (χ1v) is 9.22. The smallest absolute Gasteiger partial charge is 0.263 e. The van der Waals surface area contributed by atoms with Crippen LogP contribution in [0.3, 0.4) is 0 Å². The van der Waals surface area contributed by atoms with Gasteiger partial charge in [-0.15, -0.1) is 0 Å². The van der Waals surface area contributed by atoms with Crippen LogP contribution in [0.25, 0.3) is 0 Å². The van der Waals surface area contributed by atoms with Gasteiger partial charge < -0.3 is 14.8 Å². The van der Waals surface area contributed by atoms with Crippen LogP contribution in [0.4, 0.5) is 0 Å². The Labute approximate surface area is 153 Å². The van der Waals surface area contributed by atoms with Gasteiger partial charge in [0.15, 0.2) is 0 Å². The zero-order valence-corrected chi connectivity index (χ0v) is 15.4.